The van der Waals surface area contributed by atoms with Crippen LogP contribution in [0.3, 0.4) is 0 Å². The van der Waals surface area contributed by atoms with Crippen molar-refractivity contribution < 1.29 is 0 Å². The molecule has 0 heterocycles. The Labute approximate surface area is 77.7 Å². The van der Waals surface area contributed by atoms with E-state index in [1.165, 1.54) is 11.1 Å². The van der Waals surface area contributed by atoms with Crippen LogP contribution in [0.2, 0.25) is 0 Å². The molecule has 0 fully saturated rings. The van der Waals surface area contributed by atoms with Crippen LogP contribution in [0.4, 0.5) is 0 Å². The number of allylic oxidation sites excluding steroid dienone is 6. The summed E-state index contributed by atoms with van der Waals surface area (Å²) >= 11 is 0. The lowest BCUT2D eigenvalue weighted by molar-refractivity contribution is 1.33. The van der Waals surface area contributed by atoms with Gasteiger partial charge in [0, 0.05) is 0 Å². The predicted octanol–water partition coefficient (Wildman–Crippen LogP) is 4.50. The van der Waals surface area contributed by atoms with Gasteiger partial charge < -0.3 is 0 Å². The summed E-state index contributed by atoms with van der Waals surface area (Å²) in [4.78, 5) is 0. The molecule has 12 heavy (non-hydrogen) atoms. The number of hydrogen-bond acceptors (Lipinski definition) is 0. The van der Waals surface area contributed by atoms with Crippen LogP contribution in [0.25, 0.3) is 0 Å². The van der Waals surface area contributed by atoms with E-state index in [-0.39, 0.29) is 0 Å². The third-order valence-electron chi connectivity index (χ3n) is 1.59. The van der Waals surface area contributed by atoms with E-state index in [1.54, 1.807) is 0 Å². The standard InChI is InChI=1S/C10H16.C2H6/c1-5-7-8-10(4)9(3)6-2;1-2/h5-8H,1-4H3;1-2H3/b7-5-,9-6+,10-8-;. The fourth-order valence-electron chi connectivity index (χ4n) is 0.600. The van der Waals surface area contributed by atoms with Crippen molar-refractivity contribution in [3.63, 3.8) is 0 Å². The number of hydrogen-bond donors (Lipinski definition) is 0. The van der Waals surface area contributed by atoms with Gasteiger partial charge in [0.25, 0.3) is 0 Å². The summed E-state index contributed by atoms with van der Waals surface area (Å²) < 4.78 is 0. The average Bonchev–Trinajstić information content (AvgIpc) is 2.16. The zero-order valence-corrected chi connectivity index (χ0v) is 9.31. The van der Waals surface area contributed by atoms with E-state index in [4.69, 9.17) is 0 Å². The minimum Gasteiger partial charge on any atom is -0.0877 e. The van der Waals surface area contributed by atoms with E-state index in [1.807, 2.05) is 26.8 Å². The van der Waals surface area contributed by atoms with Gasteiger partial charge in [-0.2, -0.15) is 0 Å². The van der Waals surface area contributed by atoms with Crippen molar-refractivity contribution >= 4 is 0 Å². The Balaban J connectivity index is 0. The van der Waals surface area contributed by atoms with Gasteiger partial charge in [0.05, 0.1) is 0 Å². The third-order valence-corrected chi connectivity index (χ3v) is 1.59. The van der Waals surface area contributed by atoms with E-state index in [0.29, 0.717) is 0 Å². The van der Waals surface area contributed by atoms with Gasteiger partial charge >= 0.3 is 0 Å². The van der Waals surface area contributed by atoms with Crippen LogP contribution in [-0.2, 0) is 0 Å². The van der Waals surface area contributed by atoms with Crippen LogP contribution >= 0.6 is 0 Å². The minimum absolute atomic E-state index is 1.33. The second-order valence-corrected chi connectivity index (χ2v) is 2.35. The Morgan fingerprint density at radius 1 is 0.917 bits per heavy atom. The van der Waals surface area contributed by atoms with Gasteiger partial charge in [0.15, 0.2) is 0 Å². The lowest BCUT2D eigenvalue weighted by Crippen LogP contribution is -1.75. The monoisotopic (exact) mass is 166 g/mol. The zero-order valence-electron chi connectivity index (χ0n) is 9.31. The van der Waals surface area contributed by atoms with Gasteiger partial charge in [-0.15, -0.1) is 0 Å². The Hall–Kier alpha value is -0.780. The quantitative estimate of drug-likeness (QED) is 0.530. The first kappa shape index (κ1) is 13.8. The zero-order chi connectivity index (χ0) is 9.98. The lowest BCUT2D eigenvalue weighted by atomic mass is 10.1. The highest BCUT2D eigenvalue weighted by molar-refractivity contribution is 5.29. The molecule has 0 N–H and O–H groups in total. The van der Waals surface area contributed by atoms with E-state index < -0.39 is 0 Å². The van der Waals surface area contributed by atoms with Gasteiger partial charge in [0.1, 0.15) is 0 Å². The van der Waals surface area contributed by atoms with Gasteiger partial charge in [-0.1, -0.05) is 43.7 Å². The van der Waals surface area contributed by atoms with Gasteiger partial charge in [-0.3, -0.25) is 0 Å². The lowest BCUT2D eigenvalue weighted by Gasteiger charge is -1.96. The molecule has 0 aromatic heterocycles. The molecule has 0 radical (unpaired) electrons. The molecule has 0 heteroatoms. The molecule has 70 valence electrons. The largest absolute Gasteiger partial charge is 0.0877 e. The molecule has 0 aromatic carbocycles. The van der Waals surface area contributed by atoms with Gasteiger partial charge in [0.2, 0.25) is 0 Å². The summed E-state index contributed by atoms with van der Waals surface area (Å²) in [5.41, 5.74) is 2.68. The molecule has 0 unspecified atom stereocenters. The summed E-state index contributed by atoms with van der Waals surface area (Å²) in [6.07, 6.45) is 8.33. The molecule has 0 saturated heterocycles. The molecule has 0 aromatic rings. The van der Waals surface area contributed by atoms with Crippen LogP contribution < -0.4 is 0 Å². The summed E-state index contributed by atoms with van der Waals surface area (Å²) in [6.45, 7) is 12.3. The van der Waals surface area contributed by atoms with E-state index in [0.717, 1.165) is 0 Å². The first-order valence-corrected chi connectivity index (χ1v) is 4.65. The molecule has 0 saturated carbocycles. The van der Waals surface area contributed by atoms with Crippen LogP contribution in [0.15, 0.2) is 35.5 Å². The third kappa shape index (κ3) is 7.33. The SMILES string of the molecule is CC.C\C=C/C=C(C)\C(C)=C\C. The van der Waals surface area contributed by atoms with E-state index in [2.05, 4.69) is 39.0 Å². The first-order chi connectivity index (χ1) is 5.72. The molecule has 0 spiro atoms. The summed E-state index contributed by atoms with van der Waals surface area (Å²) in [6, 6.07) is 0. The van der Waals surface area contributed by atoms with Crippen molar-refractivity contribution in [2.75, 3.05) is 0 Å². The predicted molar refractivity (Wildman–Crippen MR) is 59.4 cm³/mol. The minimum atomic E-state index is 1.33. The molecule has 0 aliphatic carbocycles. The highest BCUT2D eigenvalue weighted by Crippen LogP contribution is 2.06. The Morgan fingerprint density at radius 2 is 1.42 bits per heavy atom. The fraction of sp³-hybridized carbons (Fsp3) is 0.500. The molecule has 0 atom stereocenters. The Bertz CT molecular complexity index is 168. The second-order valence-electron chi connectivity index (χ2n) is 2.35. The van der Waals surface area contributed by atoms with Crippen molar-refractivity contribution in [2.45, 2.75) is 41.5 Å². The first-order valence-electron chi connectivity index (χ1n) is 4.65. The van der Waals surface area contributed by atoms with Crippen molar-refractivity contribution in [1.29, 1.82) is 0 Å². The maximum atomic E-state index is 2.12. The molecule has 0 aliphatic rings. The molecule has 0 amide bonds. The van der Waals surface area contributed by atoms with Crippen molar-refractivity contribution in [2.24, 2.45) is 0 Å². The highest BCUT2D eigenvalue weighted by Gasteiger charge is 1.86. The van der Waals surface area contributed by atoms with Gasteiger partial charge in [-0.05, 0) is 33.3 Å². The molecular formula is C12H22. The number of rotatable bonds is 2. The van der Waals surface area contributed by atoms with Crippen molar-refractivity contribution in [1.82, 2.24) is 0 Å². The average molecular weight is 166 g/mol. The van der Waals surface area contributed by atoms with Crippen molar-refractivity contribution in [3.8, 4) is 0 Å². The van der Waals surface area contributed by atoms with E-state index in [9.17, 15) is 0 Å². The fourth-order valence-corrected chi connectivity index (χ4v) is 0.600. The van der Waals surface area contributed by atoms with E-state index >= 15 is 0 Å². The molecule has 0 aliphatic heterocycles. The second kappa shape index (κ2) is 10.2. The Kier molecular flexibility index (Phi) is 11.7. The normalized spacial score (nSPS) is 12.8. The van der Waals surface area contributed by atoms with Crippen molar-refractivity contribution in [3.05, 3.63) is 35.5 Å². The molecule has 0 rings (SSSR count). The highest BCUT2D eigenvalue weighted by atomic mass is 13.9. The molecule has 0 nitrogen and oxygen atoms in total. The maximum Gasteiger partial charge on any atom is -0.0395 e. The topological polar surface area (TPSA) is 0 Å². The van der Waals surface area contributed by atoms with Gasteiger partial charge in [-0.25, -0.2) is 0 Å². The summed E-state index contributed by atoms with van der Waals surface area (Å²) in [7, 11) is 0. The molecular weight excluding hydrogens is 144 g/mol. The molecule has 0 bridgehead atoms. The Morgan fingerprint density at radius 3 is 1.75 bits per heavy atom. The summed E-state index contributed by atoms with van der Waals surface area (Å²) in [5, 5.41) is 0. The van der Waals surface area contributed by atoms with Crippen LogP contribution in [-0.4, -0.2) is 0 Å². The van der Waals surface area contributed by atoms with Crippen LogP contribution in [0, 0.1) is 0 Å². The van der Waals surface area contributed by atoms with Crippen LogP contribution in [0.1, 0.15) is 41.5 Å². The van der Waals surface area contributed by atoms with Crippen LogP contribution in [0.5, 0.6) is 0 Å². The maximum absolute atomic E-state index is 2.12. The smallest absolute Gasteiger partial charge is 0.0395 e. The summed E-state index contributed by atoms with van der Waals surface area (Å²) in [5.74, 6) is 0.